The Balaban J connectivity index is 2.13. The number of amides is 1. The van der Waals surface area contributed by atoms with Gasteiger partial charge >= 0.3 is 0 Å². The van der Waals surface area contributed by atoms with Gasteiger partial charge < -0.3 is 9.64 Å². The Morgan fingerprint density at radius 3 is 2.52 bits per heavy atom. The fourth-order valence-corrected chi connectivity index (χ4v) is 2.61. The molecule has 1 aliphatic rings. The Morgan fingerprint density at radius 1 is 1.29 bits per heavy atom. The lowest BCUT2D eigenvalue weighted by Crippen LogP contribution is -2.33. The maximum atomic E-state index is 12.3. The van der Waals surface area contributed by atoms with Crippen LogP contribution in [0.2, 0.25) is 0 Å². The summed E-state index contributed by atoms with van der Waals surface area (Å²) in [6.45, 7) is 9.79. The van der Waals surface area contributed by atoms with E-state index in [-0.39, 0.29) is 18.1 Å². The lowest BCUT2D eigenvalue weighted by molar-refractivity contribution is -0.130. The predicted molar refractivity (Wildman–Crippen MR) is 84.1 cm³/mol. The van der Waals surface area contributed by atoms with Crippen LogP contribution in [0.3, 0.4) is 0 Å². The van der Waals surface area contributed by atoms with Crippen LogP contribution in [0.25, 0.3) is 0 Å². The monoisotopic (exact) mass is 290 g/mol. The number of hydrogen-bond donors (Lipinski definition) is 1. The van der Waals surface area contributed by atoms with Gasteiger partial charge in [0.25, 0.3) is 0 Å². The molecule has 21 heavy (non-hydrogen) atoms. The Labute approximate surface area is 127 Å². The second-order valence-electron chi connectivity index (χ2n) is 6.09. The topological polar surface area (TPSA) is 41.6 Å². The number of ether oxygens (including phenoxy) is 1. The molecule has 0 saturated carbocycles. The van der Waals surface area contributed by atoms with Crippen molar-refractivity contribution < 1.29 is 9.53 Å². The molecule has 1 amide bonds. The number of carbonyl (C=O) groups is 1. The van der Waals surface area contributed by atoms with E-state index in [1.807, 2.05) is 36.1 Å². The molecule has 1 aromatic rings. The average Bonchev–Trinajstić information content (AvgIpc) is 2.73. The van der Waals surface area contributed by atoms with Gasteiger partial charge in [-0.1, -0.05) is 32.9 Å². The average molecular weight is 290 g/mol. The lowest BCUT2D eigenvalue weighted by atomic mass is 10.1. The van der Waals surface area contributed by atoms with Gasteiger partial charge in [0.1, 0.15) is 11.9 Å². The molecule has 0 aliphatic carbocycles. The van der Waals surface area contributed by atoms with Crippen LogP contribution in [-0.2, 0) is 4.79 Å². The first-order chi connectivity index (χ1) is 10.0. The van der Waals surface area contributed by atoms with Crippen molar-refractivity contribution in [3.63, 3.8) is 0 Å². The van der Waals surface area contributed by atoms with Crippen LogP contribution in [0.5, 0.6) is 5.75 Å². The summed E-state index contributed by atoms with van der Waals surface area (Å²) in [5, 5.41) is 3.37. The minimum absolute atomic E-state index is 0.0323. The fraction of sp³-hybridized carbons (Fsp3) is 0.588. The molecule has 2 unspecified atom stereocenters. The van der Waals surface area contributed by atoms with Crippen LogP contribution < -0.4 is 10.1 Å². The van der Waals surface area contributed by atoms with Crippen LogP contribution in [-0.4, -0.2) is 30.0 Å². The molecule has 2 atom stereocenters. The number of nitrogens with one attached hydrogen (secondary N) is 1. The molecule has 1 fully saturated rings. The second-order valence-corrected chi connectivity index (χ2v) is 6.09. The van der Waals surface area contributed by atoms with E-state index in [9.17, 15) is 4.79 Å². The van der Waals surface area contributed by atoms with Crippen molar-refractivity contribution in [2.75, 3.05) is 13.2 Å². The smallest absolute Gasteiger partial charge is 0.241 e. The molecular weight excluding hydrogens is 264 g/mol. The van der Waals surface area contributed by atoms with Gasteiger partial charge in [0, 0.05) is 6.54 Å². The van der Waals surface area contributed by atoms with E-state index >= 15 is 0 Å². The maximum Gasteiger partial charge on any atom is 0.241 e. The highest BCUT2D eigenvalue weighted by atomic mass is 16.5. The summed E-state index contributed by atoms with van der Waals surface area (Å²) < 4.78 is 5.61. The Bertz CT molecular complexity index is 470. The second kappa shape index (κ2) is 6.94. The summed E-state index contributed by atoms with van der Waals surface area (Å²) in [5.41, 5.74) is 1.11. The molecule has 116 valence electrons. The number of carbonyl (C=O) groups excluding carboxylic acids is 1. The highest BCUT2D eigenvalue weighted by Crippen LogP contribution is 2.27. The van der Waals surface area contributed by atoms with Crippen molar-refractivity contribution in [1.82, 2.24) is 10.2 Å². The van der Waals surface area contributed by atoms with Crippen LogP contribution in [0.1, 0.15) is 45.8 Å². The Hall–Kier alpha value is -1.55. The van der Waals surface area contributed by atoms with Gasteiger partial charge in [0.15, 0.2) is 0 Å². The number of rotatable bonds is 6. The summed E-state index contributed by atoms with van der Waals surface area (Å²) in [6, 6.07) is 7.93. The van der Waals surface area contributed by atoms with Crippen molar-refractivity contribution in [2.45, 2.75) is 46.3 Å². The van der Waals surface area contributed by atoms with E-state index in [0.29, 0.717) is 5.92 Å². The van der Waals surface area contributed by atoms with E-state index < -0.39 is 0 Å². The highest BCUT2D eigenvalue weighted by Gasteiger charge is 2.37. The predicted octanol–water partition coefficient (Wildman–Crippen LogP) is 2.95. The first-order valence-electron chi connectivity index (χ1n) is 7.82. The first-order valence-corrected chi connectivity index (χ1v) is 7.82. The van der Waals surface area contributed by atoms with Crippen LogP contribution in [0, 0.1) is 5.92 Å². The van der Waals surface area contributed by atoms with E-state index in [1.165, 1.54) is 0 Å². The molecule has 4 nitrogen and oxygen atoms in total. The molecule has 0 spiro atoms. The number of benzene rings is 1. The molecule has 4 heteroatoms. The summed E-state index contributed by atoms with van der Waals surface area (Å²) in [4.78, 5) is 14.2. The zero-order chi connectivity index (χ0) is 15.4. The van der Waals surface area contributed by atoms with Gasteiger partial charge in [-0.3, -0.25) is 10.1 Å². The van der Waals surface area contributed by atoms with Crippen LogP contribution in [0.15, 0.2) is 24.3 Å². The molecule has 1 heterocycles. The van der Waals surface area contributed by atoms with Gasteiger partial charge in [-0.2, -0.15) is 0 Å². The number of nitrogens with zero attached hydrogens (tertiary/aromatic N) is 1. The minimum Gasteiger partial charge on any atom is -0.494 e. The molecule has 0 aromatic heterocycles. The largest absolute Gasteiger partial charge is 0.494 e. The maximum absolute atomic E-state index is 12.3. The van der Waals surface area contributed by atoms with Gasteiger partial charge in [0.2, 0.25) is 5.91 Å². The lowest BCUT2D eigenvalue weighted by Gasteiger charge is -2.26. The first kappa shape index (κ1) is 15.8. The van der Waals surface area contributed by atoms with Crippen LogP contribution >= 0.6 is 0 Å². The van der Waals surface area contributed by atoms with Gasteiger partial charge in [-0.15, -0.1) is 0 Å². The zero-order valence-electron chi connectivity index (χ0n) is 13.4. The van der Waals surface area contributed by atoms with Crippen LogP contribution in [0.4, 0.5) is 0 Å². The summed E-state index contributed by atoms with van der Waals surface area (Å²) in [5.74, 6) is 1.52. The molecule has 1 aliphatic heterocycles. The van der Waals surface area contributed by atoms with E-state index in [0.717, 1.165) is 30.9 Å². The van der Waals surface area contributed by atoms with Gasteiger partial charge in [-0.25, -0.2) is 0 Å². The fourth-order valence-electron chi connectivity index (χ4n) is 2.61. The van der Waals surface area contributed by atoms with Crippen molar-refractivity contribution in [2.24, 2.45) is 5.92 Å². The third-order valence-electron chi connectivity index (χ3n) is 3.60. The van der Waals surface area contributed by atoms with Crippen molar-refractivity contribution in [1.29, 1.82) is 0 Å². The normalized spacial score (nSPS) is 22.1. The van der Waals surface area contributed by atoms with Crippen molar-refractivity contribution >= 4 is 5.91 Å². The highest BCUT2D eigenvalue weighted by molar-refractivity contribution is 5.84. The van der Waals surface area contributed by atoms with Crippen molar-refractivity contribution in [3.8, 4) is 5.75 Å². The standard InChI is InChI=1S/C17H26N2O2/c1-5-10-21-15-8-6-14(7-9-15)16-18-13(4)17(20)19(16)11-12(2)3/h6-9,12-13,16,18H,5,10-11H2,1-4H3. The van der Waals surface area contributed by atoms with E-state index in [2.05, 4.69) is 26.1 Å². The third-order valence-corrected chi connectivity index (χ3v) is 3.60. The van der Waals surface area contributed by atoms with E-state index in [1.54, 1.807) is 0 Å². The molecule has 1 N–H and O–H groups in total. The Morgan fingerprint density at radius 2 is 1.95 bits per heavy atom. The van der Waals surface area contributed by atoms with Gasteiger partial charge in [0.05, 0.1) is 12.6 Å². The molecule has 1 aromatic carbocycles. The molecule has 2 rings (SSSR count). The summed E-state index contributed by atoms with van der Waals surface area (Å²) >= 11 is 0. The quantitative estimate of drug-likeness (QED) is 0.876. The molecule has 0 bridgehead atoms. The third kappa shape index (κ3) is 3.76. The Kier molecular flexibility index (Phi) is 5.23. The minimum atomic E-state index is -0.121. The molecule has 1 saturated heterocycles. The summed E-state index contributed by atoms with van der Waals surface area (Å²) in [7, 11) is 0. The zero-order valence-corrected chi connectivity index (χ0v) is 13.4. The van der Waals surface area contributed by atoms with E-state index in [4.69, 9.17) is 4.74 Å². The number of hydrogen-bond acceptors (Lipinski definition) is 3. The van der Waals surface area contributed by atoms with Crippen molar-refractivity contribution in [3.05, 3.63) is 29.8 Å². The van der Waals surface area contributed by atoms with Gasteiger partial charge in [-0.05, 0) is 37.0 Å². The summed E-state index contributed by atoms with van der Waals surface area (Å²) in [6.07, 6.45) is 0.968. The SMILES string of the molecule is CCCOc1ccc(C2NC(C)C(=O)N2CC(C)C)cc1. The molecular formula is C17H26N2O2. The molecule has 0 radical (unpaired) electrons.